The molecular weight excluding hydrogens is 308 g/mol. The van der Waals surface area contributed by atoms with Crippen molar-refractivity contribution in [3.05, 3.63) is 53.1 Å². The van der Waals surface area contributed by atoms with Crippen LogP contribution >= 0.6 is 11.6 Å². The predicted molar refractivity (Wildman–Crippen MR) is 82.5 cm³/mol. The summed E-state index contributed by atoms with van der Waals surface area (Å²) in [5.41, 5.74) is 2.80. The molecule has 22 heavy (non-hydrogen) atoms. The van der Waals surface area contributed by atoms with E-state index < -0.39 is 5.91 Å². The van der Waals surface area contributed by atoms with Crippen molar-refractivity contribution in [2.45, 2.75) is 0 Å². The van der Waals surface area contributed by atoms with Crippen LogP contribution in [0.4, 0.5) is 0 Å². The van der Waals surface area contributed by atoms with Crippen molar-refractivity contribution in [2.24, 2.45) is 5.10 Å². The fraction of sp³-hybridized carbons (Fsp3) is 0.0667. The molecule has 0 aliphatic carbocycles. The van der Waals surface area contributed by atoms with E-state index in [0.717, 1.165) is 0 Å². The Labute approximate surface area is 131 Å². The van der Waals surface area contributed by atoms with Crippen LogP contribution in [0.15, 0.2) is 47.6 Å². The predicted octanol–water partition coefficient (Wildman–Crippen LogP) is 2.28. The molecule has 6 nitrogen and oxygen atoms in total. The zero-order valence-electron chi connectivity index (χ0n) is 11.4. The van der Waals surface area contributed by atoms with Gasteiger partial charge in [0.05, 0.1) is 6.21 Å². The normalized spacial score (nSPS) is 10.6. The van der Waals surface area contributed by atoms with Gasteiger partial charge in [-0.2, -0.15) is 5.10 Å². The summed E-state index contributed by atoms with van der Waals surface area (Å²) in [5.74, 6) is -0.403. The Kier molecular flexibility index (Phi) is 5.21. The molecule has 1 amide bonds. The largest absolute Gasteiger partial charge is 0.504 e. The molecule has 0 bridgehead atoms. The zero-order valence-corrected chi connectivity index (χ0v) is 12.1. The first-order valence-corrected chi connectivity index (χ1v) is 6.64. The molecule has 0 heterocycles. The van der Waals surface area contributed by atoms with Crippen LogP contribution in [0.2, 0.25) is 5.02 Å². The third-order valence-corrected chi connectivity index (χ3v) is 2.84. The van der Waals surface area contributed by atoms with Crippen molar-refractivity contribution in [3.63, 3.8) is 0 Å². The van der Waals surface area contributed by atoms with E-state index in [4.69, 9.17) is 21.4 Å². The van der Waals surface area contributed by atoms with E-state index in [9.17, 15) is 9.90 Å². The van der Waals surface area contributed by atoms with Gasteiger partial charge in [0.25, 0.3) is 5.91 Å². The minimum absolute atomic E-state index is 0.195. The highest BCUT2D eigenvalue weighted by atomic mass is 35.5. The average molecular weight is 321 g/mol. The van der Waals surface area contributed by atoms with Gasteiger partial charge in [-0.15, -0.1) is 0 Å². The van der Waals surface area contributed by atoms with Gasteiger partial charge in [0.15, 0.2) is 18.1 Å². The van der Waals surface area contributed by atoms with E-state index in [0.29, 0.717) is 16.3 Å². The molecule has 2 aromatic carbocycles. The smallest absolute Gasteiger partial charge is 0.277 e. The molecule has 3 N–H and O–H groups in total. The summed E-state index contributed by atoms with van der Waals surface area (Å²) >= 11 is 5.73. The maximum Gasteiger partial charge on any atom is 0.277 e. The van der Waals surface area contributed by atoms with Crippen LogP contribution in [0.1, 0.15) is 5.56 Å². The lowest BCUT2D eigenvalue weighted by atomic mass is 10.2. The van der Waals surface area contributed by atoms with Crippen LogP contribution in [-0.4, -0.2) is 28.9 Å². The lowest BCUT2D eigenvalue weighted by molar-refractivity contribution is -0.123. The molecule has 114 valence electrons. The van der Waals surface area contributed by atoms with E-state index in [1.54, 1.807) is 24.3 Å². The molecule has 7 heteroatoms. The topological polar surface area (TPSA) is 91.2 Å². The number of hydrazone groups is 1. The number of nitrogens with zero attached hydrogens (tertiary/aromatic N) is 1. The standard InChI is InChI=1S/C15H13ClN2O4/c16-11-2-4-12(5-3-11)22-9-15(21)18-17-8-10-1-6-13(19)14(20)7-10/h1-8,19-20H,9H2,(H,18,21). The van der Waals surface area contributed by atoms with Gasteiger partial charge in [0, 0.05) is 5.02 Å². The number of aromatic hydroxyl groups is 2. The van der Waals surface area contributed by atoms with Crippen molar-refractivity contribution in [2.75, 3.05) is 6.61 Å². The molecular formula is C15H13ClN2O4. The van der Waals surface area contributed by atoms with Crippen LogP contribution < -0.4 is 10.2 Å². The van der Waals surface area contributed by atoms with Crippen LogP contribution in [0, 0.1) is 0 Å². The number of hydrogen-bond acceptors (Lipinski definition) is 5. The summed E-state index contributed by atoms with van der Waals surface area (Å²) in [6.45, 7) is -0.195. The van der Waals surface area contributed by atoms with Crippen molar-refractivity contribution in [1.29, 1.82) is 0 Å². The maximum atomic E-state index is 11.5. The monoisotopic (exact) mass is 320 g/mol. The number of phenolic OH excluding ortho intramolecular Hbond substituents is 2. The second-order valence-corrected chi connectivity index (χ2v) is 4.72. The fourth-order valence-electron chi connectivity index (χ4n) is 1.51. The number of nitrogens with one attached hydrogen (secondary N) is 1. The number of halogens is 1. The second kappa shape index (κ2) is 7.33. The molecule has 2 aromatic rings. The van der Waals surface area contributed by atoms with Gasteiger partial charge in [-0.3, -0.25) is 4.79 Å². The van der Waals surface area contributed by atoms with Crippen molar-refractivity contribution in [1.82, 2.24) is 5.43 Å². The summed E-state index contributed by atoms with van der Waals surface area (Å²) < 4.78 is 5.24. The Hall–Kier alpha value is -2.73. The lowest BCUT2D eigenvalue weighted by Gasteiger charge is -2.04. The Bertz CT molecular complexity index is 686. The lowest BCUT2D eigenvalue weighted by Crippen LogP contribution is -2.24. The third kappa shape index (κ3) is 4.68. The van der Waals surface area contributed by atoms with Gasteiger partial charge >= 0.3 is 0 Å². The molecule has 2 rings (SSSR count). The summed E-state index contributed by atoms with van der Waals surface area (Å²) in [4.78, 5) is 11.5. The van der Waals surface area contributed by atoms with Gasteiger partial charge in [0.1, 0.15) is 5.75 Å². The van der Waals surface area contributed by atoms with Gasteiger partial charge in [0.2, 0.25) is 0 Å². The van der Waals surface area contributed by atoms with Crippen LogP contribution in [0.3, 0.4) is 0 Å². The Morgan fingerprint density at radius 2 is 1.91 bits per heavy atom. The number of carbonyl (C=O) groups is 1. The van der Waals surface area contributed by atoms with Crippen molar-refractivity contribution < 1.29 is 19.7 Å². The van der Waals surface area contributed by atoms with Crippen molar-refractivity contribution >= 4 is 23.7 Å². The van der Waals surface area contributed by atoms with E-state index >= 15 is 0 Å². The fourth-order valence-corrected chi connectivity index (χ4v) is 1.64. The van der Waals surface area contributed by atoms with E-state index in [-0.39, 0.29) is 18.1 Å². The van der Waals surface area contributed by atoms with Gasteiger partial charge in [-0.1, -0.05) is 11.6 Å². The zero-order chi connectivity index (χ0) is 15.9. The number of hydrogen-bond donors (Lipinski definition) is 3. The average Bonchev–Trinajstić information content (AvgIpc) is 2.50. The SMILES string of the molecule is O=C(COc1ccc(Cl)cc1)NN=Cc1ccc(O)c(O)c1. The van der Waals surface area contributed by atoms with E-state index in [1.807, 2.05) is 0 Å². The molecule has 0 spiro atoms. The number of rotatable bonds is 5. The summed E-state index contributed by atoms with van der Waals surface area (Å²) in [7, 11) is 0. The molecule has 0 saturated carbocycles. The first-order chi connectivity index (χ1) is 10.5. The molecule has 0 radical (unpaired) electrons. The Morgan fingerprint density at radius 1 is 1.18 bits per heavy atom. The molecule has 0 aromatic heterocycles. The number of ether oxygens (including phenoxy) is 1. The minimum atomic E-state index is -0.436. The molecule has 0 aliphatic rings. The summed E-state index contributed by atoms with van der Waals surface area (Å²) in [6.07, 6.45) is 1.33. The minimum Gasteiger partial charge on any atom is -0.504 e. The number of benzene rings is 2. The Morgan fingerprint density at radius 3 is 2.59 bits per heavy atom. The highest BCUT2D eigenvalue weighted by Crippen LogP contribution is 2.23. The van der Waals surface area contributed by atoms with Gasteiger partial charge in [-0.05, 0) is 48.0 Å². The molecule has 0 atom stereocenters. The van der Waals surface area contributed by atoms with E-state index in [2.05, 4.69) is 10.5 Å². The highest BCUT2D eigenvalue weighted by Gasteiger charge is 2.02. The maximum absolute atomic E-state index is 11.5. The summed E-state index contributed by atoms with van der Waals surface area (Å²) in [5, 5.41) is 22.8. The third-order valence-electron chi connectivity index (χ3n) is 2.59. The first-order valence-electron chi connectivity index (χ1n) is 6.27. The van der Waals surface area contributed by atoms with Gasteiger partial charge in [-0.25, -0.2) is 5.43 Å². The molecule has 0 aliphatic heterocycles. The molecule has 0 saturated heterocycles. The van der Waals surface area contributed by atoms with Gasteiger partial charge < -0.3 is 14.9 Å². The van der Waals surface area contributed by atoms with Crippen LogP contribution in [-0.2, 0) is 4.79 Å². The number of amides is 1. The quantitative estimate of drug-likeness (QED) is 0.448. The molecule has 0 unspecified atom stereocenters. The second-order valence-electron chi connectivity index (χ2n) is 4.28. The van der Waals surface area contributed by atoms with Crippen LogP contribution in [0.25, 0.3) is 0 Å². The number of phenols is 2. The highest BCUT2D eigenvalue weighted by molar-refractivity contribution is 6.30. The molecule has 0 fully saturated rings. The van der Waals surface area contributed by atoms with Crippen LogP contribution in [0.5, 0.6) is 17.2 Å². The Balaban J connectivity index is 1.80. The number of carbonyl (C=O) groups excluding carboxylic acids is 1. The van der Waals surface area contributed by atoms with Crippen molar-refractivity contribution in [3.8, 4) is 17.2 Å². The van der Waals surface area contributed by atoms with E-state index in [1.165, 1.54) is 24.4 Å². The first kappa shape index (κ1) is 15.7. The summed E-state index contributed by atoms with van der Waals surface area (Å²) in [6, 6.07) is 10.8.